The molecule has 262 valence electrons. The lowest BCUT2D eigenvalue weighted by Crippen LogP contribution is -2.29. The van der Waals surface area contributed by atoms with Gasteiger partial charge in [-0.1, -0.05) is 44.5 Å². The lowest BCUT2D eigenvalue weighted by atomic mass is 9.75. The topological polar surface area (TPSA) is 131 Å². The number of aromatic amines is 1. The highest BCUT2D eigenvalue weighted by molar-refractivity contribution is 7.91. The van der Waals surface area contributed by atoms with Crippen molar-refractivity contribution in [3.05, 3.63) is 100 Å². The van der Waals surface area contributed by atoms with Gasteiger partial charge in [-0.05, 0) is 103 Å². The fourth-order valence-corrected chi connectivity index (χ4v) is 9.84. The molecule has 1 atom stereocenters. The molecular formula is C39H44FN5O4S. The van der Waals surface area contributed by atoms with E-state index in [1.54, 1.807) is 17.1 Å². The van der Waals surface area contributed by atoms with Crippen LogP contribution in [0.15, 0.2) is 60.9 Å². The number of carbonyl (C=O) groups is 1. The number of aromatic nitrogens is 5. The van der Waals surface area contributed by atoms with Gasteiger partial charge in [0.2, 0.25) is 0 Å². The van der Waals surface area contributed by atoms with Crippen LogP contribution < -0.4 is 0 Å². The standard InChI is InChI=1S/C39H44FN5O4S/c1-37(2)12-6-13-38(3,27-8-5-7-26(19-27)23-39(14-15-39)36(46)47)35-43-34(45(4)44-35)33-21-25(9-16-42-33)20-30-28(11-18-50(48,49)24-37)29-10-17-41-32(29)22-31(30)40/h5,7-10,16-17,19,21-22,41H,6,11-15,18,20,23-24H2,1-4H3,(H,46,47)/t38-/m1/s1. The van der Waals surface area contributed by atoms with Crippen molar-refractivity contribution in [2.75, 3.05) is 11.5 Å². The highest BCUT2D eigenvalue weighted by Gasteiger charge is 2.50. The number of hydrogen-bond acceptors (Lipinski definition) is 6. The largest absolute Gasteiger partial charge is 0.481 e. The number of nitrogens with zero attached hydrogens (tertiary/aromatic N) is 4. The van der Waals surface area contributed by atoms with Gasteiger partial charge in [0.1, 0.15) is 11.5 Å². The van der Waals surface area contributed by atoms with Gasteiger partial charge < -0.3 is 10.1 Å². The first kappa shape index (κ1) is 34.1. The number of aryl methyl sites for hydroxylation is 2. The summed E-state index contributed by atoms with van der Waals surface area (Å²) in [6.45, 7) is 6.10. The Balaban J connectivity index is 1.33. The second-order valence-electron chi connectivity index (χ2n) is 15.5. The molecule has 0 saturated heterocycles. The summed E-state index contributed by atoms with van der Waals surface area (Å²) >= 11 is 0. The quantitative estimate of drug-likeness (QED) is 0.208. The maximum Gasteiger partial charge on any atom is 0.309 e. The van der Waals surface area contributed by atoms with Gasteiger partial charge in [0.15, 0.2) is 21.5 Å². The SMILES string of the molecule is Cn1nc2nc1-c1cc(ccn1)Cc1c(F)cc3[nH]ccc3c1CCS(=O)(=O)CC(C)(C)CCC[C@]2(C)c1cccc(CC2(C(=O)O)CC2)c1. The van der Waals surface area contributed by atoms with Crippen LogP contribution in [0.5, 0.6) is 0 Å². The lowest BCUT2D eigenvalue weighted by Gasteiger charge is -2.31. The van der Waals surface area contributed by atoms with Crippen molar-refractivity contribution in [1.82, 2.24) is 24.7 Å². The van der Waals surface area contributed by atoms with E-state index in [-0.39, 0.29) is 30.2 Å². The molecule has 3 aromatic heterocycles. The molecule has 1 fully saturated rings. The van der Waals surface area contributed by atoms with Crippen molar-refractivity contribution in [2.24, 2.45) is 17.9 Å². The summed E-state index contributed by atoms with van der Waals surface area (Å²) in [5, 5.41) is 15.6. The third kappa shape index (κ3) is 6.59. The smallest absolute Gasteiger partial charge is 0.309 e. The van der Waals surface area contributed by atoms with Crippen LogP contribution in [0.4, 0.5) is 4.39 Å². The third-order valence-corrected chi connectivity index (χ3v) is 13.0. The molecule has 0 spiro atoms. The molecule has 1 aliphatic heterocycles. The van der Waals surface area contributed by atoms with E-state index in [9.17, 15) is 18.3 Å². The minimum Gasteiger partial charge on any atom is -0.481 e. The van der Waals surface area contributed by atoms with Crippen molar-refractivity contribution in [3.63, 3.8) is 0 Å². The summed E-state index contributed by atoms with van der Waals surface area (Å²) in [4.78, 5) is 24.8. The second-order valence-corrected chi connectivity index (χ2v) is 17.7. The molecule has 50 heavy (non-hydrogen) atoms. The van der Waals surface area contributed by atoms with Gasteiger partial charge >= 0.3 is 5.97 Å². The van der Waals surface area contributed by atoms with E-state index in [1.807, 2.05) is 57.3 Å². The van der Waals surface area contributed by atoms with Gasteiger partial charge in [-0.25, -0.2) is 22.5 Å². The Hall–Kier alpha value is -4.38. The Kier molecular flexibility index (Phi) is 8.48. The van der Waals surface area contributed by atoms with E-state index in [0.717, 1.165) is 22.1 Å². The summed E-state index contributed by atoms with van der Waals surface area (Å²) in [5.41, 5.74) is 3.34. The molecule has 2 aromatic carbocycles. The monoisotopic (exact) mass is 697 g/mol. The average Bonchev–Trinajstić information content (AvgIpc) is 3.50. The Bertz CT molecular complexity index is 2220. The molecule has 0 amide bonds. The number of pyridine rings is 1. The molecule has 2 N–H and O–H groups in total. The summed E-state index contributed by atoms with van der Waals surface area (Å²) in [6.07, 6.45) is 7.75. The number of carboxylic acids is 1. The summed E-state index contributed by atoms with van der Waals surface area (Å²) in [5.74, 6) is 0.00468. The number of halogens is 1. The van der Waals surface area contributed by atoms with E-state index in [1.165, 1.54) is 6.07 Å². The number of nitrogens with one attached hydrogen (secondary N) is 1. The zero-order valence-electron chi connectivity index (χ0n) is 29.1. The van der Waals surface area contributed by atoms with Crippen LogP contribution in [0.3, 0.4) is 0 Å². The fraction of sp³-hybridized carbons (Fsp3) is 0.436. The predicted molar refractivity (Wildman–Crippen MR) is 191 cm³/mol. The van der Waals surface area contributed by atoms with Crippen LogP contribution in [0.25, 0.3) is 22.4 Å². The van der Waals surface area contributed by atoms with E-state index in [2.05, 4.69) is 23.0 Å². The molecule has 4 heterocycles. The minimum atomic E-state index is -3.49. The van der Waals surface area contributed by atoms with Crippen molar-refractivity contribution < 1.29 is 22.7 Å². The normalized spacial score (nSPS) is 21.5. The number of aliphatic carboxylic acids is 1. The zero-order valence-corrected chi connectivity index (χ0v) is 29.9. The van der Waals surface area contributed by atoms with Crippen LogP contribution in [-0.2, 0) is 46.4 Å². The molecule has 2 aliphatic rings. The van der Waals surface area contributed by atoms with Crippen LogP contribution >= 0.6 is 0 Å². The maximum atomic E-state index is 15.8. The Labute approximate surface area is 292 Å². The first-order valence-corrected chi connectivity index (χ1v) is 19.2. The number of hydrogen-bond donors (Lipinski definition) is 2. The van der Waals surface area contributed by atoms with E-state index in [4.69, 9.17) is 10.1 Å². The summed E-state index contributed by atoms with van der Waals surface area (Å²) < 4.78 is 44.9. The highest BCUT2D eigenvalue weighted by Crippen LogP contribution is 2.49. The number of rotatable bonds is 4. The van der Waals surface area contributed by atoms with Crippen molar-refractivity contribution in [3.8, 4) is 11.5 Å². The number of carboxylic acid groups (broad SMARTS) is 1. The van der Waals surface area contributed by atoms with Gasteiger partial charge in [0.25, 0.3) is 0 Å². The number of fused-ring (bicyclic) bond motifs is 8. The van der Waals surface area contributed by atoms with E-state index in [0.29, 0.717) is 72.5 Å². The predicted octanol–water partition coefficient (Wildman–Crippen LogP) is 6.97. The number of H-pyrrole nitrogens is 1. The highest BCUT2D eigenvalue weighted by atomic mass is 32.2. The van der Waals surface area contributed by atoms with Crippen LogP contribution in [0.2, 0.25) is 0 Å². The molecule has 5 aromatic rings. The Morgan fingerprint density at radius 1 is 1.04 bits per heavy atom. The minimum absolute atomic E-state index is 0.0180. The molecule has 11 heteroatoms. The molecule has 9 nitrogen and oxygen atoms in total. The third-order valence-electron chi connectivity index (χ3n) is 10.9. The molecular weight excluding hydrogens is 654 g/mol. The van der Waals surface area contributed by atoms with Crippen molar-refractivity contribution >= 4 is 26.7 Å². The Morgan fingerprint density at radius 2 is 1.84 bits per heavy atom. The summed E-state index contributed by atoms with van der Waals surface area (Å²) in [6, 6.07) is 15.2. The molecule has 7 rings (SSSR count). The van der Waals surface area contributed by atoms with Gasteiger partial charge in [-0.3, -0.25) is 9.78 Å². The first-order valence-electron chi connectivity index (χ1n) is 17.3. The van der Waals surface area contributed by atoms with Gasteiger partial charge in [0, 0.05) is 36.8 Å². The van der Waals surface area contributed by atoms with Gasteiger partial charge in [0.05, 0.1) is 22.3 Å². The molecule has 4 bridgehead atoms. The average molecular weight is 698 g/mol. The van der Waals surface area contributed by atoms with Crippen LogP contribution in [-0.4, -0.2) is 55.7 Å². The van der Waals surface area contributed by atoms with E-state index >= 15 is 4.39 Å². The van der Waals surface area contributed by atoms with Crippen molar-refractivity contribution in [1.29, 1.82) is 0 Å². The van der Waals surface area contributed by atoms with Gasteiger partial charge in [-0.15, -0.1) is 0 Å². The van der Waals surface area contributed by atoms with Crippen LogP contribution in [0.1, 0.15) is 86.5 Å². The molecule has 1 aliphatic carbocycles. The lowest BCUT2D eigenvalue weighted by molar-refractivity contribution is -0.143. The fourth-order valence-electron chi connectivity index (χ4n) is 7.85. The van der Waals surface area contributed by atoms with E-state index < -0.39 is 32.1 Å². The molecule has 1 saturated carbocycles. The summed E-state index contributed by atoms with van der Waals surface area (Å²) in [7, 11) is -1.65. The number of sulfone groups is 1. The van der Waals surface area contributed by atoms with Crippen LogP contribution in [0, 0.1) is 16.6 Å². The first-order chi connectivity index (χ1) is 23.7. The molecule has 0 unspecified atom stereocenters. The van der Waals surface area contributed by atoms with Gasteiger partial charge in [-0.2, -0.15) is 5.10 Å². The Morgan fingerprint density at radius 3 is 2.60 bits per heavy atom. The maximum absolute atomic E-state index is 15.8. The number of benzene rings is 2. The zero-order chi connectivity index (χ0) is 35.5. The van der Waals surface area contributed by atoms with Crippen molar-refractivity contribution in [2.45, 2.75) is 77.6 Å². The molecule has 0 radical (unpaired) electrons. The second kappa shape index (κ2) is 12.4.